The van der Waals surface area contributed by atoms with Crippen LogP contribution in [0.15, 0.2) is 200 Å². The van der Waals surface area contributed by atoms with E-state index in [1.165, 1.54) is 55.2 Å². The van der Waals surface area contributed by atoms with Crippen molar-refractivity contribution < 1.29 is 0 Å². The number of aromatic nitrogens is 4. The minimum Gasteiger partial charge on any atom is -0.309 e. The number of para-hydroxylation sites is 2. The highest BCUT2D eigenvalue weighted by atomic mass is 15.4. The molecule has 0 unspecified atom stereocenters. The van der Waals surface area contributed by atoms with Gasteiger partial charge in [0, 0.05) is 27.6 Å². The molecule has 0 atom stereocenters. The molecule has 0 spiro atoms. The zero-order chi connectivity index (χ0) is 36.7. The van der Waals surface area contributed by atoms with Crippen molar-refractivity contribution in [3.63, 3.8) is 0 Å². The van der Waals surface area contributed by atoms with Crippen LogP contribution in [0.4, 0.5) is 0 Å². The summed E-state index contributed by atoms with van der Waals surface area (Å²) in [6.07, 6.45) is 0. The van der Waals surface area contributed by atoms with E-state index in [9.17, 15) is 0 Å². The first kappa shape index (κ1) is 32.4. The molecule has 4 heteroatoms. The Morgan fingerprint density at radius 2 is 0.818 bits per heavy atom. The third-order valence-corrected chi connectivity index (χ3v) is 10.5. The highest BCUT2D eigenvalue weighted by molar-refractivity contribution is 6.09. The highest BCUT2D eigenvalue weighted by Gasteiger charge is 2.17. The summed E-state index contributed by atoms with van der Waals surface area (Å²) in [5.41, 5.74) is 14.8. The van der Waals surface area contributed by atoms with Crippen LogP contribution < -0.4 is 0 Å². The standard InChI is InChI=1S/C51H36N4/c1-35-23-25-39(26-24-35)51-52-50(38-13-3-2-4-14-38)53-55(51)41-33-29-37(30-34-41)43-16-6-8-18-45(43)44-17-7-5-15-42(44)36-27-31-40(32-28-36)54-48-21-11-9-19-46(48)47-20-10-12-22-49(47)54/h2-34H,1H3. The smallest absolute Gasteiger partial charge is 0.182 e. The molecule has 0 aliphatic rings. The lowest BCUT2D eigenvalue weighted by atomic mass is 9.89. The van der Waals surface area contributed by atoms with Gasteiger partial charge >= 0.3 is 0 Å². The van der Waals surface area contributed by atoms with E-state index in [0.717, 1.165) is 33.9 Å². The number of nitrogens with zero attached hydrogens (tertiary/aromatic N) is 4. The molecule has 260 valence electrons. The molecule has 2 heterocycles. The molecule has 0 fully saturated rings. The normalized spacial score (nSPS) is 11.4. The summed E-state index contributed by atoms with van der Waals surface area (Å²) in [5.74, 6) is 1.51. The molecule has 0 saturated carbocycles. The Morgan fingerprint density at radius 3 is 1.38 bits per heavy atom. The lowest BCUT2D eigenvalue weighted by Crippen LogP contribution is -2.00. The Kier molecular flexibility index (Phi) is 8.00. The topological polar surface area (TPSA) is 35.6 Å². The van der Waals surface area contributed by atoms with Gasteiger partial charge in [0.15, 0.2) is 11.6 Å². The van der Waals surface area contributed by atoms with Gasteiger partial charge in [-0.3, -0.25) is 0 Å². The van der Waals surface area contributed by atoms with E-state index in [4.69, 9.17) is 10.1 Å². The Morgan fingerprint density at radius 1 is 0.364 bits per heavy atom. The van der Waals surface area contributed by atoms with Gasteiger partial charge in [0.05, 0.1) is 16.7 Å². The average molecular weight is 705 g/mol. The molecule has 10 rings (SSSR count). The van der Waals surface area contributed by atoms with Gasteiger partial charge in [-0.15, -0.1) is 5.10 Å². The third kappa shape index (κ3) is 5.81. The summed E-state index contributed by atoms with van der Waals surface area (Å²) in [4.78, 5) is 5.03. The summed E-state index contributed by atoms with van der Waals surface area (Å²) in [7, 11) is 0. The molecule has 0 aliphatic heterocycles. The summed E-state index contributed by atoms with van der Waals surface area (Å²) >= 11 is 0. The van der Waals surface area contributed by atoms with Crippen LogP contribution in [-0.4, -0.2) is 19.3 Å². The van der Waals surface area contributed by atoms with E-state index in [0.29, 0.717) is 5.82 Å². The maximum Gasteiger partial charge on any atom is 0.182 e. The van der Waals surface area contributed by atoms with Gasteiger partial charge in [-0.2, -0.15) is 0 Å². The van der Waals surface area contributed by atoms with E-state index in [2.05, 4.69) is 193 Å². The van der Waals surface area contributed by atoms with Gasteiger partial charge in [-0.1, -0.05) is 169 Å². The maximum atomic E-state index is 5.03. The number of hydrogen-bond acceptors (Lipinski definition) is 2. The van der Waals surface area contributed by atoms with E-state index < -0.39 is 0 Å². The highest BCUT2D eigenvalue weighted by Crippen LogP contribution is 2.39. The van der Waals surface area contributed by atoms with Crippen LogP contribution in [0.25, 0.3) is 89.3 Å². The van der Waals surface area contributed by atoms with Crippen LogP contribution in [0.5, 0.6) is 0 Å². The largest absolute Gasteiger partial charge is 0.309 e. The predicted octanol–water partition coefficient (Wildman–Crippen LogP) is 13.0. The Bertz CT molecular complexity index is 2900. The monoisotopic (exact) mass is 704 g/mol. The molecule has 4 nitrogen and oxygen atoms in total. The molecule has 8 aromatic carbocycles. The number of benzene rings is 8. The molecule has 0 amide bonds. The van der Waals surface area contributed by atoms with Crippen LogP contribution in [-0.2, 0) is 0 Å². The van der Waals surface area contributed by atoms with Crippen molar-refractivity contribution in [1.29, 1.82) is 0 Å². The first-order valence-corrected chi connectivity index (χ1v) is 18.7. The SMILES string of the molecule is Cc1ccc(-c2nc(-c3ccccc3)nn2-c2ccc(-c3ccccc3-c3ccccc3-c3ccc(-n4c5ccccc5c5ccccc54)cc3)cc2)cc1. The van der Waals surface area contributed by atoms with Crippen molar-refractivity contribution >= 4 is 21.8 Å². The van der Waals surface area contributed by atoms with Gasteiger partial charge in [-0.25, -0.2) is 9.67 Å². The first-order chi connectivity index (χ1) is 27.2. The third-order valence-electron chi connectivity index (χ3n) is 10.5. The van der Waals surface area contributed by atoms with Crippen LogP contribution in [0.3, 0.4) is 0 Å². The van der Waals surface area contributed by atoms with Gasteiger partial charge in [-0.05, 0) is 76.7 Å². The van der Waals surface area contributed by atoms with Crippen molar-refractivity contribution in [2.45, 2.75) is 6.92 Å². The minimum atomic E-state index is 0.699. The van der Waals surface area contributed by atoms with Crippen LogP contribution in [0.1, 0.15) is 5.56 Å². The number of fused-ring (bicyclic) bond motifs is 3. The van der Waals surface area contributed by atoms with Crippen molar-refractivity contribution in [2.75, 3.05) is 0 Å². The van der Waals surface area contributed by atoms with Crippen LogP contribution >= 0.6 is 0 Å². The van der Waals surface area contributed by atoms with E-state index in [1.807, 2.05) is 22.9 Å². The summed E-state index contributed by atoms with van der Waals surface area (Å²) < 4.78 is 4.33. The molecular formula is C51H36N4. The zero-order valence-electron chi connectivity index (χ0n) is 30.3. The number of hydrogen-bond donors (Lipinski definition) is 0. The van der Waals surface area contributed by atoms with Crippen molar-refractivity contribution in [1.82, 2.24) is 19.3 Å². The van der Waals surface area contributed by atoms with Gasteiger partial charge in [0.25, 0.3) is 0 Å². The van der Waals surface area contributed by atoms with Gasteiger partial charge in [0.1, 0.15) is 0 Å². The van der Waals surface area contributed by atoms with E-state index in [-0.39, 0.29) is 0 Å². The second-order valence-corrected chi connectivity index (χ2v) is 14.0. The van der Waals surface area contributed by atoms with E-state index >= 15 is 0 Å². The second-order valence-electron chi connectivity index (χ2n) is 14.0. The zero-order valence-corrected chi connectivity index (χ0v) is 30.3. The number of rotatable bonds is 7. The van der Waals surface area contributed by atoms with Crippen LogP contribution in [0.2, 0.25) is 0 Å². The quantitative estimate of drug-likeness (QED) is 0.166. The molecule has 0 saturated heterocycles. The maximum absolute atomic E-state index is 5.03. The Labute approximate surface area is 320 Å². The van der Waals surface area contributed by atoms with E-state index in [1.54, 1.807) is 0 Å². The molecule has 0 radical (unpaired) electrons. The van der Waals surface area contributed by atoms with Gasteiger partial charge in [0.2, 0.25) is 0 Å². The molecule has 0 bridgehead atoms. The molecule has 10 aromatic rings. The fourth-order valence-corrected chi connectivity index (χ4v) is 7.80. The molecule has 2 aromatic heterocycles. The fraction of sp³-hybridized carbons (Fsp3) is 0.0196. The summed E-state index contributed by atoms with van der Waals surface area (Å²) in [5, 5.41) is 7.55. The predicted molar refractivity (Wildman–Crippen MR) is 228 cm³/mol. The number of aryl methyl sites for hydroxylation is 1. The molecule has 0 N–H and O–H groups in total. The van der Waals surface area contributed by atoms with Gasteiger partial charge < -0.3 is 4.57 Å². The molecule has 0 aliphatic carbocycles. The summed E-state index contributed by atoms with van der Waals surface area (Å²) in [6, 6.07) is 71.0. The van der Waals surface area contributed by atoms with Crippen molar-refractivity contribution in [3.8, 4) is 67.5 Å². The first-order valence-electron chi connectivity index (χ1n) is 18.7. The average Bonchev–Trinajstić information content (AvgIpc) is 3.85. The summed E-state index contributed by atoms with van der Waals surface area (Å²) in [6.45, 7) is 2.10. The molecule has 55 heavy (non-hydrogen) atoms. The van der Waals surface area contributed by atoms with Crippen molar-refractivity contribution in [2.24, 2.45) is 0 Å². The lowest BCUT2D eigenvalue weighted by Gasteiger charge is -2.16. The minimum absolute atomic E-state index is 0.699. The Hall–Kier alpha value is -7.30. The molecular weight excluding hydrogens is 669 g/mol. The van der Waals surface area contributed by atoms with Crippen LogP contribution in [0, 0.1) is 6.92 Å². The van der Waals surface area contributed by atoms with Crippen molar-refractivity contribution in [3.05, 3.63) is 206 Å². The fourth-order valence-electron chi connectivity index (χ4n) is 7.80. The lowest BCUT2D eigenvalue weighted by molar-refractivity contribution is 0.890. The Balaban J connectivity index is 1.01. The second kappa shape index (κ2) is 13.6.